The average Bonchev–Trinajstić information content (AvgIpc) is 2.45. The molecule has 0 aliphatic heterocycles. The molecule has 0 aromatic heterocycles. The molecular weight excluding hydrogens is 286 g/mol. The maximum absolute atomic E-state index is 13.3. The van der Waals surface area contributed by atoms with Crippen LogP contribution in [0.1, 0.15) is 23.1 Å². The van der Waals surface area contributed by atoms with E-state index in [0.717, 1.165) is 18.3 Å². The van der Waals surface area contributed by atoms with E-state index in [1.807, 2.05) is 0 Å². The quantitative estimate of drug-likeness (QED) is 0.454. The molecule has 110 valence electrons. The van der Waals surface area contributed by atoms with E-state index in [9.17, 15) is 17.6 Å². The van der Waals surface area contributed by atoms with E-state index in [1.165, 1.54) is 24.3 Å². The summed E-state index contributed by atoms with van der Waals surface area (Å²) in [4.78, 5) is 4.84. The number of rotatable bonds is 5. The number of nitrogens with zero attached hydrogens (tertiary/aromatic N) is 1. The van der Waals surface area contributed by atoms with E-state index >= 15 is 0 Å². The van der Waals surface area contributed by atoms with Gasteiger partial charge >= 0.3 is 0 Å². The Hall–Kier alpha value is -2.37. The molecule has 0 bridgehead atoms. The second kappa shape index (κ2) is 6.88. The van der Waals surface area contributed by atoms with Gasteiger partial charge in [-0.25, -0.2) is 17.6 Å². The second-order valence-corrected chi connectivity index (χ2v) is 4.17. The summed E-state index contributed by atoms with van der Waals surface area (Å²) in [6.07, 6.45) is -1.50. The molecule has 0 unspecified atom stereocenters. The summed E-state index contributed by atoms with van der Waals surface area (Å²) >= 11 is 0. The van der Waals surface area contributed by atoms with Gasteiger partial charge in [-0.05, 0) is 12.1 Å². The van der Waals surface area contributed by atoms with Gasteiger partial charge in [0.15, 0.2) is 0 Å². The van der Waals surface area contributed by atoms with Crippen LogP contribution in [0.25, 0.3) is 0 Å². The minimum absolute atomic E-state index is 0.121. The van der Waals surface area contributed by atoms with Crippen molar-refractivity contribution in [3.63, 3.8) is 0 Å². The summed E-state index contributed by atoms with van der Waals surface area (Å²) in [5.74, 6) is -1.44. The maximum Gasteiger partial charge on any atom is 0.264 e. The minimum Gasteiger partial charge on any atom is -0.391 e. The minimum atomic E-state index is -2.62. The molecule has 0 saturated heterocycles. The molecule has 0 atom stereocenters. The number of alkyl halides is 2. The molecule has 0 fully saturated rings. The van der Waals surface area contributed by atoms with Crippen LogP contribution in [0.15, 0.2) is 47.6 Å². The molecule has 2 aromatic carbocycles. The first-order valence-electron chi connectivity index (χ1n) is 6.04. The number of hydrogen-bond donors (Lipinski definition) is 0. The molecule has 21 heavy (non-hydrogen) atoms. The first-order valence-corrected chi connectivity index (χ1v) is 6.04. The van der Waals surface area contributed by atoms with Gasteiger partial charge in [-0.1, -0.05) is 29.4 Å². The van der Waals surface area contributed by atoms with Crippen molar-refractivity contribution < 1.29 is 22.4 Å². The lowest BCUT2D eigenvalue weighted by Gasteiger charge is -2.04. The van der Waals surface area contributed by atoms with Crippen molar-refractivity contribution in [2.24, 2.45) is 5.16 Å². The van der Waals surface area contributed by atoms with Gasteiger partial charge in [0.1, 0.15) is 18.2 Å². The Kier molecular flexibility index (Phi) is 4.92. The number of oxime groups is 1. The van der Waals surface area contributed by atoms with Crippen molar-refractivity contribution in [2.45, 2.75) is 13.0 Å². The highest BCUT2D eigenvalue weighted by atomic mass is 19.3. The standard InChI is InChI=1S/C15H11F4NO/c16-12-6-5-11(14(17)7-12)9-21-20-8-10-3-1-2-4-13(10)15(18)19/h1-8,15H,9H2. The Bertz CT molecular complexity index is 643. The van der Waals surface area contributed by atoms with Gasteiger partial charge in [0.25, 0.3) is 6.43 Å². The van der Waals surface area contributed by atoms with Crippen LogP contribution in [0.3, 0.4) is 0 Å². The maximum atomic E-state index is 13.3. The monoisotopic (exact) mass is 297 g/mol. The van der Waals surface area contributed by atoms with Crippen LogP contribution in [0.2, 0.25) is 0 Å². The van der Waals surface area contributed by atoms with Crippen LogP contribution >= 0.6 is 0 Å². The van der Waals surface area contributed by atoms with Crippen LogP contribution in [-0.4, -0.2) is 6.21 Å². The molecule has 0 N–H and O–H groups in total. The topological polar surface area (TPSA) is 21.6 Å². The van der Waals surface area contributed by atoms with Gasteiger partial charge < -0.3 is 4.84 Å². The Labute approximate surface area is 118 Å². The van der Waals surface area contributed by atoms with Gasteiger partial charge in [0.2, 0.25) is 0 Å². The van der Waals surface area contributed by atoms with Crippen molar-refractivity contribution in [3.8, 4) is 0 Å². The van der Waals surface area contributed by atoms with Crippen LogP contribution in [0.5, 0.6) is 0 Å². The molecule has 2 rings (SSSR count). The molecule has 0 aliphatic rings. The molecular formula is C15H11F4NO. The fourth-order valence-electron chi connectivity index (χ4n) is 1.67. The fourth-order valence-corrected chi connectivity index (χ4v) is 1.67. The molecule has 0 heterocycles. The van der Waals surface area contributed by atoms with Crippen LogP contribution in [-0.2, 0) is 11.4 Å². The predicted molar refractivity (Wildman–Crippen MR) is 70.1 cm³/mol. The smallest absolute Gasteiger partial charge is 0.264 e. The first kappa shape index (κ1) is 15.0. The summed E-state index contributed by atoms with van der Waals surface area (Å²) in [6, 6.07) is 8.89. The van der Waals surface area contributed by atoms with E-state index in [0.29, 0.717) is 0 Å². The Balaban J connectivity index is 2.00. The van der Waals surface area contributed by atoms with E-state index in [2.05, 4.69) is 5.16 Å². The van der Waals surface area contributed by atoms with Crippen molar-refractivity contribution in [1.82, 2.24) is 0 Å². The predicted octanol–water partition coefficient (Wildman–Crippen LogP) is 4.45. The summed E-state index contributed by atoms with van der Waals surface area (Å²) < 4.78 is 51.4. The Morgan fingerprint density at radius 3 is 2.57 bits per heavy atom. The molecule has 0 amide bonds. The highest BCUT2D eigenvalue weighted by Gasteiger charge is 2.10. The first-order chi connectivity index (χ1) is 10.1. The molecule has 0 saturated carbocycles. The Morgan fingerprint density at radius 1 is 1.10 bits per heavy atom. The molecule has 0 radical (unpaired) electrons. The molecule has 0 spiro atoms. The van der Waals surface area contributed by atoms with Crippen molar-refractivity contribution >= 4 is 6.21 Å². The third-order valence-electron chi connectivity index (χ3n) is 2.73. The van der Waals surface area contributed by atoms with Gasteiger partial charge in [-0.15, -0.1) is 0 Å². The number of benzene rings is 2. The number of halogens is 4. The van der Waals surface area contributed by atoms with Crippen LogP contribution in [0.4, 0.5) is 17.6 Å². The van der Waals surface area contributed by atoms with E-state index in [4.69, 9.17) is 4.84 Å². The molecule has 2 nitrogen and oxygen atoms in total. The lowest BCUT2D eigenvalue weighted by atomic mass is 10.1. The molecule has 6 heteroatoms. The van der Waals surface area contributed by atoms with E-state index < -0.39 is 18.1 Å². The van der Waals surface area contributed by atoms with Gasteiger partial charge in [0.05, 0.1) is 6.21 Å². The van der Waals surface area contributed by atoms with Gasteiger partial charge in [-0.2, -0.15) is 0 Å². The largest absolute Gasteiger partial charge is 0.391 e. The van der Waals surface area contributed by atoms with Crippen LogP contribution < -0.4 is 0 Å². The van der Waals surface area contributed by atoms with E-state index in [1.54, 1.807) is 6.07 Å². The third kappa shape index (κ3) is 4.05. The number of hydrogen-bond acceptors (Lipinski definition) is 2. The lowest BCUT2D eigenvalue weighted by molar-refractivity contribution is 0.129. The zero-order chi connectivity index (χ0) is 15.2. The summed E-state index contributed by atoms with van der Waals surface area (Å²) in [5.41, 5.74) is 0.167. The third-order valence-corrected chi connectivity index (χ3v) is 2.73. The van der Waals surface area contributed by atoms with Gasteiger partial charge in [0, 0.05) is 22.8 Å². The summed E-state index contributed by atoms with van der Waals surface area (Å²) in [6.45, 7) is -0.223. The highest BCUT2D eigenvalue weighted by Crippen LogP contribution is 2.21. The van der Waals surface area contributed by atoms with Crippen LogP contribution in [0, 0.1) is 11.6 Å². The van der Waals surface area contributed by atoms with Crippen molar-refractivity contribution in [3.05, 3.63) is 70.8 Å². The highest BCUT2D eigenvalue weighted by molar-refractivity contribution is 5.81. The van der Waals surface area contributed by atoms with Crippen molar-refractivity contribution in [1.29, 1.82) is 0 Å². The second-order valence-electron chi connectivity index (χ2n) is 4.17. The zero-order valence-corrected chi connectivity index (χ0v) is 10.8. The van der Waals surface area contributed by atoms with Crippen molar-refractivity contribution in [2.75, 3.05) is 0 Å². The summed E-state index contributed by atoms with van der Waals surface area (Å²) in [5, 5.41) is 3.52. The normalized spacial score (nSPS) is 11.3. The summed E-state index contributed by atoms with van der Waals surface area (Å²) in [7, 11) is 0. The molecule has 0 aliphatic carbocycles. The van der Waals surface area contributed by atoms with Gasteiger partial charge in [-0.3, -0.25) is 0 Å². The average molecular weight is 297 g/mol. The fraction of sp³-hybridized carbons (Fsp3) is 0.133. The van der Waals surface area contributed by atoms with E-state index in [-0.39, 0.29) is 23.3 Å². The lowest BCUT2D eigenvalue weighted by Crippen LogP contribution is -1.95. The molecule has 2 aromatic rings. The zero-order valence-electron chi connectivity index (χ0n) is 10.8. The SMILES string of the molecule is Fc1ccc(CON=Cc2ccccc2C(F)F)c(F)c1. The Morgan fingerprint density at radius 2 is 1.86 bits per heavy atom.